The minimum absolute atomic E-state index is 0.620. The Kier molecular flexibility index (Phi) is 1.38. The summed E-state index contributed by atoms with van der Waals surface area (Å²) in [6, 6.07) is 1.24. The lowest BCUT2D eigenvalue weighted by molar-refractivity contribution is 0.403. The van der Waals surface area contributed by atoms with Crippen molar-refractivity contribution in [3.63, 3.8) is 0 Å². The molecule has 2 heterocycles. The molecule has 0 aromatic rings. The van der Waals surface area contributed by atoms with Crippen LogP contribution in [0.3, 0.4) is 0 Å². The summed E-state index contributed by atoms with van der Waals surface area (Å²) in [5, 5.41) is 6.65. The highest BCUT2D eigenvalue weighted by atomic mass is 15.0. The summed E-state index contributed by atoms with van der Waals surface area (Å²) in [5.74, 6) is 0. The second-order valence-electron chi connectivity index (χ2n) is 2.82. The van der Waals surface area contributed by atoms with Crippen molar-refractivity contribution in [2.75, 3.05) is 0 Å². The van der Waals surface area contributed by atoms with Crippen LogP contribution in [0.2, 0.25) is 0 Å². The average molecular weight is 136 g/mol. The van der Waals surface area contributed by atoms with E-state index in [1.165, 1.54) is 0 Å². The maximum atomic E-state index is 3.33. The van der Waals surface area contributed by atoms with Crippen LogP contribution in [0.4, 0.5) is 0 Å². The molecule has 2 N–H and O–H groups in total. The lowest BCUT2D eigenvalue weighted by Gasteiger charge is -2.32. The monoisotopic (exact) mass is 136 g/mol. The van der Waals surface area contributed by atoms with E-state index in [2.05, 4.69) is 35.2 Å². The first-order chi connectivity index (χ1) is 4.97. The van der Waals surface area contributed by atoms with E-state index in [-0.39, 0.29) is 0 Å². The summed E-state index contributed by atoms with van der Waals surface area (Å²) in [6.45, 7) is 0. The molecule has 2 nitrogen and oxygen atoms in total. The van der Waals surface area contributed by atoms with Gasteiger partial charge in [0.15, 0.2) is 0 Å². The van der Waals surface area contributed by atoms with Crippen LogP contribution in [-0.4, -0.2) is 12.1 Å². The van der Waals surface area contributed by atoms with Gasteiger partial charge in [0.25, 0.3) is 0 Å². The molecular formula is C8H12N2. The molecule has 0 saturated heterocycles. The smallest absolute Gasteiger partial charge is 0.0495 e. The molecule has 0 aliphatic carbocycles. The molecule has 2 rings (SSSR count). The van der Waals surface area contributed by atoms with Crippen LogP contribution in [0.15, 0.2) is 24.6 Å². The van der Waals surface area contributed by atoms with Gasteiger partial charge in [-0.2, -0.15) is 0 Å². The topological polar surface area (TPSA) is 24.1 Å². The van der Waals surface area contributed by atoms with Gasteiger partial charge >= 0.3 is 0 Å². The third-order valence-corrected chi connectivity index (χ3v) is 2.12. The highest BCUT2D eigenvalue weighted by molar-refractivity contribution is 5.06. The average Bonchev–Trinajstić information content (AvgIpc) is 2.05. The van der Waals surface area contributed by atoms with Gasteiger partial charge in [-0.05, 0) is 25.2 Å². The van der Waals surface area contributed by atoms with Crippen molar-refractivity contribution in [1.29, 1.82) is 0 Å². The zero-order chi connectivity index (χ0) is 6.81. The first-order valence-corrected chi connectivity index (χ1v) is 3.79. The maximum Gasteiger partial charge on any atom is 0.0495 e. The molecule has 0 amide bonds. The van der Waals surface area contributed by atoms with Crippen LogP contribution in [0.1, 0.15) is 12.8 Å². The molecule has 0 spiro atoms. The fourth-order valence-corrected chi connectivity index (χ4v) is 1.51. The van der Waals surface area contributed by atoms with Gasteiger partial charge in [-0.1, -0.05) is 12.2 Å². The fourth-order valence-electron chi connectivity index (χ4n) is 1.51. The number of nitrogens with one attached hydrogen (secondary N) is 2. The molecule has 2 aliphatic rings. The fraction of sp³-hybridized carbons (Fsp3) is 0.500. The van der Waals surface area contributed by atoms with E-state index < -0.39 is 0 Å². The second-order valence-corrected chi connectivity index (χ2v) is 2.82. The van der Waals surface area contributed by atoms with E-state index in [1.54, 1.807) is 0 Å². The molecule has 2 unspecified atom stereocenters. The maximum absolute atomic E-state index is 3.33. The van der Waals surface area contributed by atoms with E-state index in [4.69, 9.17) is 0 Å². The van der Waals surface area contributed by atoms with Crippen LogP contribution < -0.4 is 10.6 Å². The van der Waals surface area contributed by atoms with Crippen LogP contribution in [0.25, 0.3) is 0 Å². The SMILES string of the molecule is C1=CNC2CC=CNC2C1. The predicted molar refractivity (Wildman–Crippen MR) is 41.4 cm³/mol. The highest BCUT2D eigenvalue weighted by Gasteiger charge is 2.21. The molecule has 0 bridgehead atoms. The van der Waals surface area contributed by atoms with Crippen molar-refractivity contribution >= 4 is 0 Å². The van der Waals surface area contributed by atoms with Gasteiger partial charge in [0, 0.05) is 12.1 Å². The van der Waals surface area contributed by atoms with Crippen molar-refractivity contribution in [3.8, 4) is 0 Å². The van der Waals surface area contributed by atoms with Crippen molar-refractivity contribution < 1.29 is 0 Å². The normalized spacial score (nSPS) is 36.0. The van der Waals surface area contributed by atoms with Crippen molar-refractivity contribution in [1.82, 2.24) is 10.6 Å². The zero-order valence-electron chi connectivity index (χ0n) is 5.88. The molecule has 0 aromatic heterocycles. The number of rotatable bonds is 0. The first kappa shape index (κ1) is 5.83. The summed E-state index contributed by atoms with van der Waals surface area (Å²) in [6.07, 6.45) is 10.8. The molecule has 54 valence electrons. The summed E-state index contributed by atoms with van der Waals surface area (Å²) in [5.41, 5.74) is 0. The lowest BCUT2D eigenvalue weighted by atomic mass is 9.97. The largest absolute Gasteiger partial charge is 0.386 e. The minimum Gasteiger partial charge on any atom is -0.386 e. The van der Waals surface area contributed by atoms with Crippen LogP contribution >= 0.6 is 0 Å². The van der Waals surface area contributed by atoms with Crippen molar-refractivity contribution in [2.24, 2.45) is 0 Å². The Morgan fingerprint density at radius 3 is 1.90 bits per heavy atom. The number of fused-ring (bicyclic) bond motifs is 1. The van der Waals surface area contributed by atoms with Gasteiger partial charge in [-0.3, -0.25) is 0 Å². The van der Waals surface area contributed by atoms with Gasteiger partial charge in [-0.15, -0.1) is 0 Å². The Morgan fingerprint density at radius 2 is 1.40 bits per heavy atom. The molecule has 2 aliphatic heterocycles. The van der Waals surface area contributed by atoms with Crippen molar-refractivity contribution in [3.05, 3.63) is 24.6 Å². The minimum atomic E-state index is 0.620. The van der Waals surface area contributed by atoms with E-state index in [0.717, 1.165) is 12.8 Å². The highest BCUT2D eigenvalue weighted by Crippen LogP contribution is 2.12. The quantitative estimate of drug-likeness (QED) is 0.513. The Morgan fingerprint density at radius 1 is 0.900 bits per heavy atom. The van der Waals surface area contributed by atoms with E-state index in [9.17, 15) is 0 Å². The predicted octanol–water partition coefficient (Wildman–Crippen LogP) is 0.738. The molecular weight excluding hydrogens is 124 g/mol. The zero-order valence-corrected chi connectivity index (χ0v) is 5.88. The summed E-state index contributed by atoms with van der Waals surface area (Å²) >= 11 is 0. The molecule has 10 heavy (non-hydrogen) atoms. The van der Waals surface area contributed by atoms with Gasteiger partial charge in [0.2, 0.25) is 0 Å². The standard InChI is InChI=1S/C8H12N2/c1-3-7-8(9-5-1)4-2-6-10-7/h1-2,5-10H,3-4H2. The van der Waals surface area contributed by atoms with E-state index in [1.807, 2.05) is 0 Å². The Hall–Kier alpha value is -0.920. The number of hydrogen-bond acceptors (Lipinski definition) is 2. The van der Waals surface area contributed by atoms with E-state index in [0.29, 0.717) is 12.1 Å². The van der Waals surface area contributed by atoms with Gasteiger partial charge in [-0.25, -0.2) is 0 Å². The summed E-state index contributed by atoms with van der Waals surface area (Å²) < 4.78 is 0. The molecule has 0 aromatic carbocycles. The van der Waals surface area contributed by atoms with Crippen molar-refractivity contribution in [2.45, 2.75) is 24.9 Å². The van der Waals surface area contributed by atoms with Crippen LogP contribution in [0, 0.1) is 0 Å². The van der Waals surface area contributed by atoms with E-state index >= 15 is 0 Å². The second kappa shape index (κ2) is 2.37. The Bertz CT molecular complexity index is 136. The van der Waals surface area contributed by atoms with Gasteiger partial charge in [0.1, 0.15) is 0 Å². The Balaban J connectivity index is 2.09. The van der Waals surface area contributed by atoms with Gasteiger partial charge < -0.3 is 10.6 Å². The molecule has 2 atom stereocenters. The Labute approximate surface area is 61.0 Å². The van der Waals surface area contributed by atoms with Crippen LogP contribution in [0.5, 0.6) is 0 Å². The molecule has 0 fully saturated rings. The lowest BCUT2D eigenvalue weighted by Crippen LogP contribution is -2.47. The number of hydrogen-bond donors (Lipinski definition) is 2. The summed E-state index contributed by atoms with van der Waals surface area (Å²) in [4.78, 5) is 0. The first-order valence-electron chi connectivity index (χ1n) is 3.79. The van der Waals surface area contributed by atoms with Crippen LogP contribution in [-0.2, 0) is 0 Å². The third-order valence-electron chi connectivity index (χ3n) is 2.12. The molecule has 0 radical (unpaired) electrons. The van der Waals surface area contributed by atoms with Gasteiger partial charge in [0.05, 0.1) is 0 Å². The third kappa shape index (κ3) is 0.897. The molecule has 2 heteroatoms. The summed E-state index contributed by atoms with van der Waals surface area (Å²) in [7, 11) is 0. The molecule has 0 saturated carbocycles.